The number of nitrogens with one attached hydrogen (secondary N) is 1. The number of hydrogen-bond donors (Lipinski definition) is 1. The van der Waals surface area contributed by atoms with Crippen LogP contribution in [0.1, 0.15) is 18.5 Å². The summed E-state index contributed by atoms with van der Waals surface area (Å²) in [7, 11) is 0. The summed E-state index contributed by atoms with van der Waals surface area (Å²) in [5.41, 5.74) is 0.978. The maximum absolute atomic E-state index is 13.6. The molecular formula is C13H11ClF2N2. The van der Waals surface area contributed by atoms with E-state index in [1.165, 1.54) is 0 Å². The largest absolute Gasteiger partial charge is 0.375 e. The van der Waals surface area contributed by atoms with Crippen LogP contribution in [0.5, 0.6) is 0 Å². The highest BCUT2D eigenvalue weighted by Gasteiger charge is 2.13. The summed E-state index contributed by atoms with van der Waals surface area (Å²) in [6.07, 6.45) is 3.33. The molecule has 0 spiro atoms. The van der Waals surface area contributed by atoms with Crippen molar-refractivity contribution < 1.29 is 8.78 Å². The average Bonchev–Trinajstić information content (AvgIpc) is 2.34. The van der Waals surface area contributed by atoms with Crippen LogP contribution in [-0.2, 0) is 0 Å². The standard InChI is InChI=1S/C13H11ClF2N2/c1-8(9-3-2-4-17-7-9)18-13-11(14)5-10(15)6-12(13)16/h2-8,18H,1H3. The Morgan fingerprint density at radius 2 is 2.11 bits per heavy atom. The van der Waals surface area contributed by atoms with Crippen molar-refractivity contribution >= 4 is 17.3 Å². The van der Waals surface area contributed by atoms with Crippen molar-refractivity contribution in [2.24, 2.45) is 0 Å². The van der Waals surface area contributed by atoms with Gasteiger partial charge in [0.1, 0.15) is 5.82 Å². The normalized spacial score (nSPS) is 12.2. The smallest absolute Gasteiger partial charge is 0.150 e. The van der Waals surface area contributed by atoms with Crippen LogP contribution in [0.4, 0.5) is 14.5 Å². The summed E-state index contributed by atoms with van der Waals surface area (Å²) in [5, 5.41) is 2.93. The minimum absolute atomic E-state index is 0.0169. The third kappa shape index (κ3) is 2.76. The number of pyridine rings is 1. The van der Waals surface area contributed by atoms with E-state index in [4.69, 9.17) is 11.6 Å². The zero-order chi connectivity index (χ0) is 13.1. The summed E-state index contributed by atoms with van der Waals surface area (Å²) in [5.74, 6) is -1.41. The van der Waals surface area contributed by atoms with Gasteiger partial charge in [-0.15, -0.1) is 0 Å². The lowest BCUT2D eigenvalue weighted by Crippen LogP contribution is -2.09. The van der Waals surface area contributed by atoms with Gasteiger partial charge in [0.05, 0.1) is 16.8 Å². The van der Waals surface area contributed by atoms with E-state index in [1.54, 1.807) is 18.5 Å². The number of anilines is 1. The molecule has 1 atom stereocenters. The van der Waals surface area contributed by atoms with Crippen LogP contribution in [0.15, 0.2) is 36.7 Å². The van der Waals surface area contributed by atoms with E-state index < -0.39 is 11.6 Å². The SMILES string of the molecule is CC(Nc1c(F)cc(F)cc1Cl)c1cccnc1. The van der Waals surface area contributed by atoms with Crippen molar-refractivity contribution in [3.63, 3.8) is 0 Å². The Bertz CT molecular complexity index is 523. The zero-order valence-corrected chi connectivity index (χ0v) is 10.4. The average molecular weight is 269 g/mol. The molecule has 18 heavy (non-hydrogen) atoms. The molecule has 0 aliphatic rings. The Morgan fingerprint density at radius 1 is 1.33 bits per heavy atom. The second kappa shape index (κ2) is 5.31. The van der Waals surface area contributed by atoms with Gasteiger partial charge in [0.2, 0.25) is 0 Å². The second-order valence-corrected chi connectivity index (χ2v) is 4.30. The summed E-state index contributed by atoms with van der Waals surface area (Å²) < 4.78 is 26.5. The minimum atomic E-state index is -0.712. The molecule has 1 N–H and O–H groups in total. The Hall–Kier alpha value is -1.68. The number of rotatable bonds is 3. The van der Waals surface area contributed by atoms with Crippen molar-refractivity contribution in [2.45, 2.75) is 13.0 Å². The molecule has 0 amide bonds. The van der Waals surface area contributed by atoms with E-state index in [9.17, 15) is 8.78 Å². The predicted octanol–water partition coefficient (Wildman–Crippen LogP) is 4.19. The lowest BCUT2D eigenvalue weighted by molar-refractivity contribution is 0.584. The van der Waals surface area contributed by atoms with Crippen LogP contribution < -0.4 is 5.32 Å². The molecule has 0 saturated carbocycles. The maximum Gasteiger partial charge on any atom is 0.150 e. The van der Waals surface area contributed by atoms with Crippen molar-refractivity contribution in [3.8, 4) is 0 Å². The number of aromatic nitrogens is 1. The van der Waals surface area contributed by atoms with Gasteiger partial charge >= 0.3 is 0 Å². The van der Waals surface area contributed by atoms with Crippen LogP contribution in [0.2, 0.25) is 5.02 Å². The van der Waals surface area contributed by atoms with Gasteiger partial charge in [-0.2, -0.15) is 0 Å². The molecule has 1 unspecified atom stereocenters. The van der Waals surface area contributed by atoms with Gasteiger partial charge in [-0.3, -0.25) is 4.98 Å². The highest BCUT2D eigenvalue weighted by molar-refractivity contribution is 6.33. The number of halogens is 3. The molecule has 1 aromatic heterocycles. The molecule has 5 heteroatoms. The van der Waals surface area contributed by atoms with Crippen LogP contribution in [0.3, 0.4) is 0 Å². The van der Waals surface area contributed by atoms with E-state index in [-0.39, 0.29) is 16.8 Å². The van der Waals surface area contributed by atoms with Crippen molar-refractivity contribution in [2.75, 3.05) is 5.32 Å². The van der Waals surface area contributed by atoms with E-state index in [2.05, 4.69) is 10.3 Å². The molecule has 94 valence electrons. The van der Waals surface area contributed by atoms with Crippen molar-refractivity contribution in [3.05, 3.63) is 58.9 Å². The fourth-order valence-corrected chi connectivity index (χ4v) is 1.86. The zero-order valence-electron chi connectivity index (χ0n) is 9.62. The minimum Gasteiger partial charge on any atom is -0.375 e. The third-order valence-electron chi connectivity index (χ3n) is 2.55. The fraction of sp³-hybridized carbons (Fsp3) is 0.154. The molecule has 0 saturated heterocycles. The maximum atomic E-state index is 13.6. The van der Waals surface area contributed by atoms with Gasteiger partial charge in [0.15, 0.2) is 5.82 Å². The molecule has 0 aliphatic carbocycles. The number of benzene rings is 1. The summed E-state index contributed by atoms with van der Waals surface area (Å²) >= 11 is 5.81. The first-order chi connectivity index (χ1) is 8.58. The van der Waals surface area contributed by atoms with E-state index in [0.29, 0.717) is 0 Å². The second-order valence-electron chi connectivity index (χ2n) is 3.90. The molecule has 2 aromatic rings. The quantitative estimate of drug-likeness (QED) is 0.903. The number of hydrogen-bond acceptors (Lipinski definition) is 2. The van der Waals surface area contributed by atoms with Crippen LogP contribution in [0, 0.1) is 11.6 Å². The van der Waals surface area contributed by atoms with Gasteiger partial charge < -0.3 is 5.32 Å². The van der Waals surface area contributed by atoms with Crippen LogP contribution >= 0.6 is 11.6 Å². The first-order valence-corrected chi connectivity index (χ1v) is 5.76. The molecule has 0 aliphatic heterocycles. The van der Waals surface area contributed by atoms with Gasteiger partial charge in [-0.1, -0.05) is 17.7 Å². The molecule has 0 bridgehead atoms. The molecule has 2 nitrogen and oxygen atoms in total. The Kier molecular flexibility index (Phi) is 3.77. The molecular weight excluding hydrogens is 258 g/mol. The topological polar surface area (TPSA) is 24.9 Å². The molecule has 0 radical (unpaired) electrons. The Balaban J connectivity index is 2.25. The predicted molar refractivity (Wildman–Crippen MR) is 67.6 cm³/mol. The van der Waals surface area contributed by atoms with E-state index >= 15 is 0 Å². The van der Waals surface area contributed by atoms with Gasteiger partial charge in [0.25, 0.3) is 0 Å². The van der Waals surface area contributed by atoms with E-state index in [1.807, 2.05) is 13.0 Å². The van der Waals surface area contributed by atoms with Crippen molar-refractivity contribution in [1.29, 1.82) is 0 Å². The van der Waals surface area contributed by atoms with Gasteiger partial charge in [-0.05, 0) is 24.6 Å². The lowest BCUT2D eigenvalue weighted by Gasteiger charge is -2.17. The van der Waals surface area contributed by atoms with Gasteiger partial charge in [0, 0.05) is 18.5 Å². The summed E-state index contributed by atoms with van der Waals surface area (Å²) in [4.78, 5) is 3.98. The van der Waals surface area contributed by atoms with Crippen LogP contribution in [0.25, 0.3) is 0 Å². The fourth-order valence-electron chi connectivity index (χ4n) is 1.61. The molecule has 1 aromatic carbocycles. The summed E-state index contributed by atoms with van der Waals surface area (Å²) in [6.45, 7) is 1.84. The Labute approximate surface area is 109 Å². The molecule has 2 rings (SSSR count). The van der Waals surface area contributed by atoms with Crippen molar-refractivity contribution in [1.82, 2.24) is 4.98 Å². The van der Waals surface area contributed by atoms with Gasteiger partial charge in [-0.25, -0.2) is 8.78 Å². The highest BCUT2D eigenvalue weighted by atomic mass is 35.5. The van der Waals surface area contributed by atoms with Crippen LogP contribution in [-0.4, -0.2) is 4.98 Å². The third-order valence-corrected chi connectivity index (χ3v) is 2.85. The number of nitrogens with zero attached hydrogens (tertiary/aromatic N) is 1. The summed E-state index contributed by atoms with van der Waals surface area (Å²) in [6, 6.07) is 5.33. The lowest BCUT2D eigenvalue weighted by atomic mass is 10.1. The molecule has 1 heterocycles. The Morgan fingerprint density at radius 3 is 2.72 bits per heavy atom. The highest BCUT2D eigenvalue weighted by Crippen LogP contribution is 2.29. The first kappa shape index (κ1) is 12.8. The first-order valence-electron chi connectivity index (χ1n) is 5.39. The monoisotopic (exact) mass is 268 g/mol. The molecule has 0 fully saturated rings. The van der Waals surface area contributed by atoms with E-state index in [0.717, 1.165) is 17.7 Å².